The first-order chi connectivity index (χ1) is 13.1. The summed E-state index contributed by atoms with van der Waals surface area (Å²) in [6.07, 6.45) is 0. The predicted octanol–water partition coefficient (Wildman–Crippen LogP) is 2.48. The van der Waals surface area contributed by atoms with Crippen molar-refractivity contribution in [3.05, 3.63) is 41.2 Å². The molecule has 1 aromatic carbocycles. The van der Waals surface area contributed by atoms with E-state index in [0.717, 1.165) is 73.4 Å². The molecule has 0 unspecified atom stereocenters. The van der Waals surface area contributed by atoms with Gasteiger partial charge in [-0.3, -0.25) is 4.90 Å². The van der Waals surface area contributed by atoms with Crippen LogP contribution >= 0.6 is 0 Å². The molecule has 0 spiro atoms. The van der Waals surface area contributed by atoms with E-state index in [1.165, 1.54) is 5.56 Å². The average Bonchev–Trinajstić information content (AvgIpc) is 3.00. The molecule has 27 heavy (non-hydrogen) atoms. The Bertz CT molecular complexity index is 945. The first-order valence-corrected chi connectivity index (χ1v) is 9.46. The van der Waals surface area contributed by atoms with Crippen LogP contribution in [0.3, 0.4) is 0 Å². The molecule has 4 rings (SSSR count). The van der Waals surface area contributed by atoms with E-state index >= 15 is 0 Å². The maximum Gasteiger partial charge on any atom is 0.197 e. The van der Waals surface area contributed by atoms with Gasteiger partial charge in [0, 0.05) is 31.9 Å². The number of nitrogens with zero attached hydrogens (tertiary/aromatic N) is 5. The lowest BCUT2D eigenvalue weighted by Gasteiger charge is -2.26. The van der Waals surface area contributed by atoms with Crippen molar-refractivity contribution in [1.29, 1.82) is 0 Å². The van der Waals surface area contributed by atoms with Crippen LogP contribution in [0.4, 0.5) is 5.82 Å². The van der Waals surface area contributed by atoms with Crippen LogP contribution in [0, 0.1) is 20.8 Å². The maximum atomic E-state index is 5.42. The van der Waals surface area contributed by atoms with Crippen LogP contribution in [0.25, 0.3) is 16.9 Å². The Kier molecular flexibility index (Phi) is 5.05. The number of morpholine rings is 1. The fourth-order valence-electron chi connectivity index (χ4n) is 3.42. The van der Waals surface area contributed by atoms with Gasteiger partial charge in [-0.05, 0) is 44.5 Å². The van der Waals surface area contributed by atoms with Gasteiger partial charge in [0.1, 0.15) is 0 Å². The number of rotatable bonds is 5. The molecule has 3 heterocycles. The molecule has 0 amide bonds. The highest BCUT2D eigenvalue weighted by molar-refractivity contribution is 5.79. The van der Waals surface area contributed by atoms with Crippen molar-refractivity contribution < 1.29 is 4.74 Å². The van der Waals surface area contributed by atoms with Gasteiger partial charge in [-0.1, -0.05) is 6.07 Å². The summed E-state index contributed by atoms with van der Waals surface area (Å²) >= 11 is 0. The van der Waals surface area contributed by atoms with Gasteiger partial charge in [-0.15, -0.1) is 0 Å². The summed E-state index contributed by atoms with van der Waals surface area (Å²) in [5.74, 6) is 1.52. The number of ether oxygens (including phenoxy) is 1. The van der Waals surface area contributed by atoms with E-state index in [0.29, 0.717) is 0 Å². The normalized spacial score (nSPS) is 15.4. The summed E-state index contributed by atoms with van der Waals surface area (Å²) in [6.45, 7) is 11.4. The zero-order valence-electron chi connectivity index (χ0n) is 16.2. The van der Waals surface area contributed by atoms with Crippen LogP contribution < -0.4 is 5.32 Å². The number of fused-ring (bicyclic) bond motifs is 1. The number of hydrogen-bond donors (Lipinski definition) is 1. The van der Waals surface area contributed by atoms with Gasteiger partial charge in [0.15, 0.2) is 11.6 Å². The smallest absolute Gasteiger partial charge is 0.197 e. The molecule has 0 aliphatic carbocycles. The molecule has 0 radical (unpaired) electrons. The molecular weight excluding hydrogens is 340 g/mol. The Morgan fingerprint density at radius 3 is 2.59 bits per heavy atom. The van der Waals surface area contributed by atoms with Gasteiger partial charge >= 0.3 is 0 Å². The van der Waals surface area contributed by atoms with Crippen LogP contribution in [-0.2, 0) is 4.74 Å². The Balaban J connectivity index is 1.65. The summed E-state index contributed by atoms with van der Waals surface area (Å²) in [6, 6.07) is 8.21. The van der Waals surface area contributed by atoms with Gasteiger partial charge in [0.2, 0.25) is 0 Å². The van der Waals surface area contributed by atoms with E-state index in [1.807, 2.05) is 24.6 Å². The second-order valence-electron chi connectivity index (χ2n) is 7.11. The fraction of sp³-hybridized carbons (Fsp3) is 0.450. The second kappa shape index (κ2) is 7.62. The lowest BCUT2D eigenvalue weighted by Crippen LogP contribution is -2.39. The Morgan fingerprint density at radius 1 is 1.04 bits per heavy atom. The number of aromatic nitrogens is 4. The van der Waals surface area contributed by atoms with Crippen molar-refractivity contribution in [2.75, 3.05) is 44.7 Å². The monoisotopic (exact) mass is 366 g/mol. The topological polar surface area (TPSA) is 68.1 Å². The second-order valence-corrected chi connectivity index (χ2v) is 7.11. The third-order valence-electron chi connectivity index (χ3n) is 4.84. The number of nitrogens with one attached hydrogen (secondary N) is 1. The standard InChI is InChI=1S/C20H26N6O/c1-14-4-5-17-18(12-14)23-20(26-16(3)13-15(2)24-26)19(22-17)21-6-7-25-8-10-27-11-9-25/h4-5,12-13H,6-11H2,1-3H3,(H,21,22). The molecule has 0 saturated carbocycles. The molecule has 3 aromatic rings. The van der Waals surface area contributed by atoms with E-state index in [-0.39, 0.29) is 0 Å². The lowest BCUT2D eigenvalue weighted by atomic mass is 10.2. The summed E-state index contributed by atoms with van der Waals surface area (Å²) in [5, 5.41) is 8.10. The number of aryl methyl sites for hydroxylation is 3. The molecule has 7 nitrogen and oxygen atoms in total. The highest BCUT2D eigenvalue weighted by Crippen LogP contribution is 2.22. The quantitative estimate of drug-likeness (QED) is 0.748. The molecule has 1 aliphatic rings. The largest absolute Gasteiger partial charge is 0.379 e. The molecular formula is C20H26N6O. The lowest BCUT2D eigenvalue weighted by molar-refractivity contribution is 0.0398. The number of benzene rings is 1. The summed E-state index contributed by atoms with van der Waals surface area (Å²) < 4.78 is 7.29. The average molecular weight is 366 g/mol. The van der Waals surface area contributed by atoms with Gasteiger partial charge in [-0.2, -0.15) is 5.10 Å². The molecule has 2 aromatic heterocycles. The predicted molar refractivity (Wildman–Crippen MR) is 107 cm³/mol. The van der Waals surface area contributed by atoms with Gasteiger partial charge in [0.25, 0.3) is 0 Å². The van der Waals surface area contributed by atoms with Crippen molar-refractivity contribution in [3.63, 3.8) is 0 Å². The number of hydrogen-bond acceptors (Lipinski definition) is 6. The summed E-state index contributed by atoms with van der Waals surface area (Å²) in [7, 11) is 0. The zero-order chi connectivity index (χ0) is 18.8. The Labute approximate surface area is 159 Å². The van der Waals surface area contributed by atoms with Crippen LogP contribution in [0.2, 0.25) is 0 Å². The SMILES string of the molecule is Cc1ccc2nc(NCCN3CCOCC3)c(-n3nc(C)cc3C)nc2c1. The fourth-order valence-corrected chi connectivity index (χ4v) is 3.42. The van der Waals surface area contributed by atoms with Gasteiger partial charge in [0.05, 0.1) is 29.9 Å². The minimum absolute atomic E-state index is 0.751. The highest BCUT2D eigenvalue weighted by Gasteiger charge is 2.15. The molecule has 7 heteroatoms. The molecule has 0 atom stereocenters. The third kappa shape index (κ3) is 3.94. The van der Waals surface area contributed by atoms with E-state index in [2.05, 4.69) is 40.4 Å². The van der Waals surface area contributed by atoms with Crippen molar-refractivity contribution in [2.45, 2.75) is 20.8 Å². The third-order valence-corrected chi connectivity index (χ3v) is 4.84. The van der Waals surface area contributed by atoms with E-state index in [4.69, 9.17) is 14.7 Å². The molecule has 1 fully saturated rings. The molecule has 1 N–H and O–H groups in total. The minimum Gasteiger partial charge on any atom is -0.379 e. The minimum atomic E-state index is 0.751. The number of anilines is 1. The van der Waals surface area contributed by atoms with Gasteiger partial charge in [-0.25, -0.2) is 14.6 Å². The van der Waals surface area contributed by atoms with Crippen LogP contribution in [0.5, 0.6) is 0 Å². The van der Waals surface area contributed by atoms with E-state index in [1.54, 1.807) is 0 Å². The van der Waals surface area contributed by atoms with Crippen molar-refractivity contribution in [1.82, 2.24) is 24.6 Å². The zero-order valence-corrected chi connectivity index (χ0v) is 16.2. The van der Waals surface area contributed by atoms with Gasteiger partial charge < -0.3 is 10.1 Å². The Hall–Kier alpha value is -2.51. The van der Waals surface area contributed by atoms with Crippen LogP contribution in [0.1, 0.15) is 17.0 Å². The first kappa shape index (κ1) is 17.9. The summed E-state index contributed by atoms with van der Waals surface area (Å²) in [5.41, 5.74) is 4.96. The molecule has 1 aliphatic heterocycles. The van der Waals surface area contributed by atoms with E-state index < -0.39 is 0 Å². The molecule has 1 saturated heterocycles. The summed E-state index contributed by atoms with van der Waals surface area (Å²) in [4.78, 5) is 12.1. The van der Waals surface area contributed by atoms with Crippen molar-refractivity contribution >= 4 is 16.9 Å². The Morgan fingerprint density at radius 2 is 1.85 bits per heavy atom. The van der Waals surface area contributed by atoms with Crippen molar-refractivity contribution in [2.24, 2.45) is 0 Å². The van der Waals surface area contributed by atoms with E-state index in [9.17, 15) is 0 Å². The van der Waals surface area contributed by atoms with Crippen LogP contribution in [0.15, 0.2) is 24.3 Å². The molecule has 0 bridgehead atoms. The first-order valence-electron chi connectivity index (χ1n) is 9.46. The van der Waals surface area contributed by atoms with Crippen LogP contribution in [-0.4, -0.2) is 64.0 Å². The maximum absolute atomic E-state index is 5.42. The highest BCUT2D eigenvalue weighted by atomic mass is 16.5. The van der Waals surface area contributed by atoms with Crippen molar-refractivity contribution in [3.8, 4) is 5.82 Å². The molecule has 142 valence electrons.